The van der Waals surface area contributed by atoms with Crippen molar-refractivity contribution in [1.82, 2.24) is 15.0 Å². The van der Waals surface area contributed by atoms with Crippen molar-refractivity contribution in [2.45, 2.75) is 105 Å². The van der Waals surface area contributed by atoms with Crippen molar-refractivity contribution < 1.29 is 60.8 Å². The number of rotatable bonds is 10. The summed E-state index contributed by atoms with van der Waals surface area (Å²) in [7, 11) is -3.40. The van der Waals surface area contributed by atoms with Crippen molar-refractivity contribution >= 4 is 46.2 Å². The molecule has 3 aromatic heterocycles. The fourth-order valence-electron chi connectivity index (χ4n) is 6.62. The smallest absolute Gasteiger partial charge is 0.451 e. The van der Waals surface area contributed by atoms with E-state index in [4.69, 9.17) is 4.42 Å². The molecule has 3 heterocycles. The summed E-state index contributed by atoms with van der Waals surface area (Å²) in [6.45, 7) is 17.3. The van der Waals surface area contributed by atoms with Crippen molar-refractivity contribution in [3.63, 3.8) is 0 Å². The van der Waals surface area contributed by atoms with Crippen LogP contribution >= 0.6 is 0 Å². The second-order valence-electron chi connectivity index (χ2n) is 15.1. The monoisotopic (exact) mass is 977 g/mol. The fraction of sp³-hybridized carbons (Fsp3) is 0.429. The molecule has 0 aliphatic rings. The third kappa shape index (κ3) is 10.2. The molecule has 1 N–H and O–H groups in total. The number of halogens is 6. The van der Waals surface area contributed by atoms with Gasteiger partial charge in [0.25, 0.3) is 0 Å². The van der Waals surface area contributed by atoms with Gasteiger partial charge < -0.3 is 9.52 Å². The van der Waals surface area contributed by atoms with E-state index in [9.17, 15) is 36.2 Å². The maximum atomic E-state index is 14.6. The van der Waals surface area contributed by atoms with E-state index in [1.165, 1.54) is 18.3 Å². The molecule has 0 saturated heterocycles. The Kier molecular flexibility index (Phi) is 15.1. The quantitative estimate of drug-likeness (QED) is 0.0493. The number of furan rings is 1. The average molecular weight is 977 g/mol. The van der Waals surface area contributed by atoms with E-state index in [2.05, 4.69) is 21.0 Å². The molecule has 0 fully saturated rings. The summed E-state index contributed by atoms with van der Waals surface area (Å²) < 4.78 is 88.9. The van der Waals surface area contributed by atoms with Gasteiger partial charge in [0, 0.05) is 67.7 Å². The topological polar surface area (TPSA) is 89.1 Å². The zero-order valence-corrected chi connectivity index (χ0v) is 36.4. The third-order valence-electron chi connectivity index (χ3n) is 10.0. The number of aliphatic hydroxyl groups is 1. The molecule has 0 aliphatic carbocycles. The van der Waals surface area contributed by atoms with Crippen LogP contribution in [0.25, 0.3) is 33.0 Å². The first-order chi connectivity index (χ1) is 25.6. The number of carbonyl (C=O) groups is 1. The molecular weight excluding hydrogens is 929 g/mol. The second-order valence-corrected chi connectivity index (χ2v) is 19.4. The number of alkyl halides is 6. The first-order valence-electron chi connectivity index (χ1n) is 18.4. The van der Waals surface area contributed by atoms with E-state index < -0.39 is 31.8 Å². The summed E-state index contributed by atoms with van der Waals surface area (Å²) in [4.78, 5) is 22.9. The van der Waals surface area contributed by atoms with Crippen molar-refractivity contribution in [1.29, 1.82) is 0 Å². The van der Waals surface area contributed by atoms with Crippen LogP contribution in [0.5, 0.6) is 0 Å². The first-order valence-corrected chi connectivity index (χ1v) is 21.4. The van der Waals surface area contributed by atoms with Crippen molar-refractivity contribution in [2.75, 3.05) is 0 Å². The van der Waals surface area contributed by atoms with Gasteiger partial charge in [0.05, 0.1) is 11.3 Å². The van der Waals surface area contributed by atoms with Gasteiger partial charge in [-0.25, -0.2) is 9.97 Å². The standard InChI is InChI=1S/C29H24F6N3OSi.C13H24O2.Ir/c1-27(2,3)21-13-17(12-16-8-6-7-9-19(16)21)23-24-20(10-11-36-23)22(28(30,31)32)25(39-24)40(4,5)18-14-37-26(38-15-18)29(33,34)35;1-5-10(6-2)12(14)9-13(15)11(7-3)8-4;/h6-11,13-15H,1-5H3;9-11,14H,5-8H2,1-4H3;/q-1;;/b;12-9-;. The summed E-state index contributed by atoms with van der Waals surface area (Å²) >= 11 is 0. The summed E-state index contributed by atoms with van der Waals surface area (Å²) in [6, 6.07) is 14.0. The van der Waals surface area contributed by atoms with E-state index in [-0.39, 0.29) is 76.1 Å². The summed E-state index contributed by atoms with van der Waals surface area (Å²) in [5, 5.41) is 11.1. The van der Waals surface area contributed by atoms with Crippen molar-refractivity contribution in [3.05, 3.63) is 89.8 Å². The van der Waals surface area contributed by atoms with Crippen LogP contribution in [0.1, 0.15) is 91.1 Å². The number of fused-ring (bicyclic) bond motifs is 2. The van der Waals surface area contributed by atoms with E-state index in [1.807, 2.05) is 78.8 Å². The number of hydrogen-bond acceptors (Lipinski definition) is 6. The van der Waals surface area contributed by atoms with Gasteiger partial charge in [-0.15, -0.1) is 29.1 Å². The van der Waals surface area contributed by atoms with Gasteiger partial charge in [-0.3, -0.25) is 9.78 Å². The molecule has 305 valence electrons. The van der Waals surface area contributed by atoms with Gasteiger partial charge in [-0.2, -0.15) is 26.3 Å². The Hall–Kier alpha value is -3.87. The van der Waals surface area contributed by atoms with Crippen LogP contribution in [0, 0.1) is 17.9 Å². The van der Waals surface area contributed by atoms with Crippen LogP contribution in [-0.4, -0.2) is 33.9 Å². The zero-order valence-electron chi connectivity index (χ0n) is 33.0. The van der Waals surface area contributed by atoms with E-state index in [1.54, 1.807) is 13.1 Å². The van der Waals surface area contributed by atoms with Gasteiger partial charge in [-0.05, 0) is 42.4 Å². The minimum absolute atomic E-state index is 0. The summed E-state index contributed by atoms with van der Waals surface area (Å²) in [5.74, 6) is -0.819. The maximum Gasteiger partial charge on any atom is 0.451 e. The van der Waals surface area contributed by atoms with Crippen LogP contribution in [0.4, 0.5) is 26.3 Å². The second kappa shape index (κ2) is 18.2. The van der Waals surface area contributed by atoms with Crippen LogP contribution in [-0.2, 0) is 42.7 Å². The largest absolute Gasteiger partial charge is 0.512 e. The molecule has 0 spiro atoms. The molecule has 56 heavy (non-hydrogen) atoms. The number of aromatic nitrogens is 3. The number of aliphatic hydroxyl groups excluding tert-OH is 1. The van der Waals surface area contributed by atoms with Crippen molar-refractivity contribution in [2.24, 2.45) is 11.8 Å². The van der Waals surface area contributed by atoms with E-state index >= 15 is 0 Å². The Labute approximate surface area is 338 Å². The predicted molar refractivity (Wildman–Crippen MR) is 207 cm³/mol. The van der Waals surface area contributed by atoms with E-state index in [0.29, 0.717) is 5.56 Å². The van der Waals surface area contributed by atoms with Gasteiger partial charge in [0.1, 0.15) is 11.0 Å². The Balaban J connectivity index is 0.000000448. The summed E-state index contributed by atoms with van der Waals surface area (Å²) in [5.41, 5.74) is 0.305. The molecule has 0 bridgehead atoms. The molecule has 1 radical (unpaired) electrons. The Morgan fingerprint density at radius 2 is 1.43 bits per heavy atom. The number of hydrogen-bond donors (Lipinski definition) is 1. The molecule has 5 rings (SSSR count). The normalized spacial score (nSPS) is 12.9. The number of carbonyl (C=O) groups excluding carboxylic acids is 1. The molecule has 5 aromatic rings. The Morgan fingerprint density at radius 3 is 1.95 bits per heavy atom. The molecular formula is C42H48F6IrN3O3Si-. The molecule has 0 amide bonds. The average Bonchev–Trinajstić information content (AvgIpc) is 3.54. The maximum absolute atomic E-state index is 14.6. The third-order valence-corrected chi connectivity index (χ3v) is 13.2. The van der Waals surface area contributed by atoms with Crippen LogP contribution in [0.2, 0.25) is 13.1 Å². The molecule has 0 saturated carbocycles. The Morgan fingerprint density at radius 1 is 0.857 bits per heavy atom. The molecule has 0 unspecified atom stereocenters. The molecule has 2 aromatic carbocycles. The van der Waals surface area contributed by atoms with Gasteiger partial charge in [0.15, 0.2) is 13.9 Å². The van der Waals surface area contributed by atoms with Gasteiger partial charge in [0.2, 0.25) is 5.82 Å². The van der Waals surface area contributed by atoms with Crippen molar-refractivity contribution in [3.8, 4) is 11.3 Å². The van der Waals surface area contributed by atoms with Crippen LogP contribution in [0.15, 0.2) is 71.2 Å². The number of nitrogens with zero attached hydrogens (tertiary/aromatic N) is 3. The number of pyridine rings is 1. The van der Waals surface area contributed by atoms with Gasteiger partial charge >= 0.3 is 12.4 Å². The zero-order chi connectivity index (χ0) is 41.1. The molecule has 6 nitrogen and oxygen atoms in total. The molecule has 0 atom stereocenters. The van der Waals surface area contributed by atoms with E-state index in [0.717, 1.165) is 54.4 Å². The fourth-order valence-corrected chi connectivity index (χ4v) is 8.92. The SMILES string of the molecule is CC(C)(C)c1cc(-c2nccc3c(C(F)(F)F)c([Si](C)(C)c4cnc(C(F)(F)F)nc4)oc23)[c-]c2ccccc12.CCC(CC)C(=O)/C=C(\O)C(CC)CC.[Ir]. The first kappa shape index (κ1) is 46.5. The van der Waals surface area contributed by atoms with Crippen LogP contribution in [0.3, 0.4) is 0 Å². The molecule has 14 heteroatoms. The minimum Gasteiger partial charge on any atom is -0.512 e. The molecule has 0 aliphatic heterocycles. The number of ketones is 1. The number of allylic oxidation sites excluding steroid dienone is 2. The van der Waals surface area contributed by atoms with Crippen LogP contribution < -0.4 is 10.6 Å². The summed E-state index contributed by atoms with van der Waals surface area (Å²) in [6.07, 6.45) is -1.52. The Bertz CT molecular complexity index is 2150. The van der Waals surface area contributed by atoms with Gasteiger partial charge in [-0.1, -0.05) is 90.7 Å². The predicted octanol–water partition coefficient (Wildman–Crippen LogP) is 11.3. The minimum atomic E-state index is -4.81. The number of benzene rings is 2.